The summed E-state index contributed by atoms with van der Waals surface area (Å²) in [4.78, 5) is 12.0. The van der Waals surface area contributed by atoms with Crippen LogP contribution in [0.15, 0.2) is 54.6 Å². The van der Waals surface area contributed by atoms with E-state index in [1.165, 1.54) is 0 Å². The van der Waals surface area contributed by atoms with Crippen LogP contribution in [-0.2, 0) is 16.1 Å². The standard InChI is InChI=1S/C19H21ClN2O2/c20-16-8-6-15(7-9-16)19-17(10-11-24-19)21-13-18(23)22-12-14-4-2-1-3-5-14/h1-9,17,19,21H,10-13H2,(H,22,23)/t17-,19+/m1/s1. The van der Waals surface area contributed by atoms with Gasteiger partial charge >= 0.3 is 0 Å². The first-order valence-electron chi connectivity index (χ1n) is 8.13. The second kappa shape index (κ2) is 8.29. The summed E-state index contributed by atoms with van der Waals surface area (Å²) in [6.07, 6.45) is 0.850. The van der Waals surface area contributed by atoms with Crippen LogP contribution in [0.1, 0.15) is 23.7 Å². The van der Waals surface area contributed by atoms with E-state index in [4.69, 9.17) is 16.3 Å². The highest BCUT2D eigenvalue weighted by Crippen LogP contribution is 2.29. The van der Waals surface area contributed by atoms with E-state index >= 15 is 0 Å². The fraction of sp³-hybridized carbons (Fsp3) is 0.316. The molecule has 126 valence electrons. The van der Waals surface area contributed by atoms with E-state index in [1.807, 2.05) is 54.6 Å². The number of carbonyl (C=O) groups excluding carboxylic acids is 1. The molecule has 2 aromatic rings. The van der Waals surface area contributed by atoms with Gasteiger partial charge in [-0.2, -0.15) is 0 Å². The Morgan fingerprint density at radius 1 is 1.12 bits per heavy atom. The smallest absolute Gasteiger partial charge is 0.234 e. The minimum absolute atomic E-state index is 0.0133. The molecule has 1 aliphatic rings. The lowest BCUT2D eigenvalue weighted by atomic mass is 10.0. The molecule has 3 rings (SSSR count). The Kier molecular flexibility index (Phi) is 5.86. The summed E-state index contributed by atoms with van der Waals surface area (Å²) < 4.78 is 5.82. The number of carbonyl (C=O) groups is 1. The van der Waals surface area contributed by atoms with Crippen molar-refractivity contribution in [1.29, 1.82) is 0 Å². The largest absolute Gasteiger partial charge is 0.372 e. The first-order chi connectivity index (χ1) is 11.7. The molecule has 2 atom stereocenters. The molecule has 0 saturated carbocycles. The molecule has 1 heterocycles. The molecule has 0 spiro atoms. The maximum Gasteiger partial charge on any atom is 0.234 e. The third kappa shape index (κ3) is 4.57. The van der Waals surface area contributed by atoms with Crippen molar-refractivity contribution in [1.82, 2.24) is 10.6 Å². The molecule has 5 heteroatoms. The van der Waals surface area contributed by atoms with Gasteiger partial charge in [0.25, 0.3) is 0 Å². The van der Waals surface area contributed by atoms with E-state index in [0.29, 0.717) is 18.2 Å². The maximum absolute atomic E-state index is 12.0. The molecular formula is C19H21ClN2O2. The second-order valence-electron chi connectivity index (χ2n) is 5.88. The molecule has 2 N–H and O–H groups in total. The summed E-state index contributed by atoms with van der Waals surface area (Å²) in [5.74, 6) is -0.0133. The lowest BCUT2D eigenvalue weighted by molar-refractivity contribution is -0.120. The molecule has 0 bridgehead atoms. The van der Waals surface area contributed by atoms with E-state index in [9.17, 15) is 4.79 Å². The van der Waals surface area contributed by atoms with Crippen molar-refractivity contribution in [2.75, 3.05) is 13.2 Å². The number of ether oxygens (including phenoxy) is 1. The number of hydrogen-bond donors (Lipinski definition) is 2. The van der Waals surface area contributed by atoms with Crippen LogP contribution in [0.5, 0.6) is 0 Å². The Bertz CT molecular complexity index is 661. The highest BCUT2D eigenvalue weighted by Gasteiger charge is 2.29. The molecule has 1 amide bonds. The quantitative estimate of drug-likeness (QED) is 0.846. The summed E-state index contributed by atoms with van der Waals surface area (Å²) in [6.45, 7) is 1.52. The van der Waals surface area contributed by atoms with Crippen LogP contribution in [-0.4, -0.2) is 25.1 Å². The topological polar surface area (TPSA) is 50.4 Å². The molecule has 2 aromatic carbocycles. The summed E-state index contributed by atoms with van der Waals surface area (Å²) in [5.41, 5.74) is 2.17. The predicted octanol–water partition coefficient (Wildman–Crippen LogP) is 3.08. The zero-order valence-electron chi connectivity index (χ0n) is 13.4. The van der Waals surface area contributed by atoms with Crippen molar-refractivity contribution in [3.63, 3.8) is 0 Å². The Hall–Kier alpha value is -1.88. The number of halogens is 1. The van der Waals surface area contributed by atoms with Gasteiger partial charge in [0.15, 0.2) is 0 Å². The number of hydrogen-bond acceptors (Lipinski definition) is 3. The molecule has 4 nitrogen and oxygen atoms in total. The zero-order chi connectivity index (χ0) is 16.8. The molecule has 1 aliphatic heterocycles. The van der Waals surface area contributed by atoms with Gasteiger partial charge in [-0.15, -0.1) is 0 Å². The fourth-order valence-corrected chi connectivity index (χ4v) is 2.99. The SMILES string of the molecule is O=C(CN[C@@H]1CCO[C@H]1c1ccc(Cl)cc1)NCc1ccccc1. The third-order valence-corrected chi connectivity index (χ3v) is 4.40. The molecule has 1 saturated heterocycles. The maximum atomic E-state index is 12.0. The lowest BCUT2D eigenvalue weighted by Crippen LogP contribution is -2.40. The van der Waals surface area contributed by atoms with Gasteiger partial charge in [0.1, 0.15) is 0 Å². The van der Waals surface area contributed by atoms with E-state index in [1.54, 1.807) is 0 Å². The van der Waals surface area contributed by atoms with E-state index < -0.39 is 0 Å². The van der Waals surface area contributed by atoms with Crippen LogP contribution in [0.25, 0.3) is 0 Å². The second-order valence-corrected chi connectivity index (χ2v) is 6.32. The van der Waals surface area contributed by atoms with Gasteiger partial charge in [0.2, 0.25) is 5.91 Å². The van der Waals surface area contributed by atoms with Crippen molar-refractivity contribution in [2.24, 2.45) is 0 Å². The van der Waals surface area contributed by atoms with Gasteiger partial charge in [-0.1, -0.05) is 54.1 Å². The summed E-state index contributed by atoms with van der Waals surface area (Å²) in [7, 11) is 0. The monoisotopic (exact) mass is 344 g/mol. The van der Waals surface area contributed by atoms with Gasteiger partial charge in [-0.05, 0) is 29.7 Å². The minimum atomic E-state index is -0.0378. The Morgan fingerprint density at radius 3 is 2.62 bits per heavy atom. The van der Waals surface area contributed by atoms with Gasteiger partial charge in [-0.25, -0.2) is 0 Å². The van der Waals surface area contributed by atoms with Crippen LogP contribution in [0.4, 0.5) is 0 Å². The number of benzene rings is 2. The fourth-order valence-electron chi connectivity index (χ4n) is 2.86. The van der Waals surface area contributed by atoms with Crippen molar-refractivity contribution in [2.45, 2.75) is 25.1 Å². The van der Waals surface area contributed by atoms with Gasteiger partial charge in [0.05, 0.1) is 12.6 Å². The van der Waals surface area contributed by atoms with Crippen molar-refractivity contribution < 1.29 is 9.53 Å². The Labute approximate surface area is 147 Å². The van der Waals surface area contributed by atoms with Gasteiger partial charge in [0, 0.05) is 24.2 Å². The zero-order valence-corrected chi connectivity index (χ0v) is 14.1. The number of amides is 1. The summed E-state index contributed by atoms with van der Waals surface area (Å²) >= 11 is 5.93. The van der Waals surface area contributed by atoms with Crippen LogP contribution < -0.4 is 10.6 Å². The average molecular weight is 345 g/mol. The van der Waals surface area contributed by atoms with Crippen molar-refractivity contribution in [3.8, 4) is 0 Å². The first kappa shape index (κ1) is 17.0. The van der Waals surface area contributed by atoms with Crippen LogP contribution in [0, 0.1) is 0 Å². The highest BCUT2D eigenvalue weighted by molar-refractivity contribution is 6.30. The number of nitrogens with one attached hydrogen (secondary N) is 2. The van der Waals surface area contributed by atoms with Crippen LogP contribution >= 0.6 is 11.6 Å². The lowest BCUT2D eigenvalue weighted by Gasteiger charge is -2.20. The van der Waals surface area contributed by atoms with Crippen LogP contribution in [0.3, 0.4) is 0 Å². The van der Waals surface area contributed by atoms with E-state index in [2.05, 4.69) is 10.6 Å². The molecule has 24 heavy (non-hydrogen) atoms. The van der Waals surface area contributed by atoms with E-state index in [0.717, 1.165) is 17.5 Å². The molecule has 0 radical (unpaired) electrons. The van der Waals surface area contributed by atoms with Crippen molar-refractivity contribution in [3.05, 3.63) is 70.7 Å². The predicted molar refractivity (Wildman–Crippen MR) is 94.8 cm³/mol. The Balaban J connectivity index is 1.48. The first-order valence-corrected chi connectivity index (χ1v) is 8.51. The molecule has 0 unspecified atom stereocenters. The molecular weight excluding hydrogens is 324 g/mol. The van der Waals surface area contributed by atoms with Crippen molar-refractivity contribution >= 4 is 17.5 Å². The minimum Gasteiger partial charge on any atom is -0.372 e. The molecule has 1 fully saturated rings. The normalized spacial score (nSPS) is 20.0. The average Bonchev–Trinajstić information content (AvgIpc) is 3.08. The molecule has 0 aliphatic carbocycles. The van der Waals surface area contributed by atoms with Gasteiger partial charge < -0.3 is 15.4 Å². The highest BCUT2D eigenvalue weighted by atomic mass is 35.5. The Morgan fingerprint density at radius 2 is 1.88 bits per heavy atom. The third-order valence-electron chi connectivity index (χ3n) is 4.15. The summed E-state index contributed by atoms with van der Waals surface area (Å²) in [5, 5.41) is 6.95. The molecule has 0 aromatic heterocycles. The van der Waals surface area contributed by atoms with Crippen LogP contribution in [0.2, 0.25) is 5.02 Å². The van der Waals surface area contributed by atoms with E-state index in [-0.39, 0.29) is 24.6 Å². The number of rotatable bonds is 6. The van der Waals surface area contributed by atoms with Gasteiger partial charge in [-0.3, -0.25) is 4.79 Å². The summed E-state index contributed by atoms with van der Waals surface area (Å²) in [6, 6.07) is 17.7.